The summed E-state index contributed by atoms with van der Waals surface area (Å²) >= 11 is 5.91. The summed E-state index contributed by atoms with van der Waals surface area (Å²) in [5.41, 5.74) is 3.72. The Kier molecular flexibility index (Phi) is 6.26. The summed E-state index contributed by atoms with van der Waals surface area (Å²) in [7, 11) is 0. The van der Waals surface area contributed by atoms with E-state index in [0.29, 0.717) is 10.2 Å². The smallest absolute Gasteiger partial charge is 0.434 e. The van der Waals surface area contributed by atoms with E-state index in [1.54, 1.807) is 19.1 Å². The van der Waals surface area contributed by atoms with Gasteiger partial charge in [0.15, 0.2) is 23.1 Å². The first-order chi connectivity index (χ1) is 16.6. The molecule has 1 aromatic carbocycles. The van der Waals surface area contributed by atoms with Gasteiger partial charge in [-0.05, 0) is 30.7 Å². The first kappa shape index (κ1) is 23.9. The number of nitrogens with two attached hydrogens (primary N) is 1. The minimum absolute atomic E-state index is 0.0807. The number of hydrogen-bond acceptors (Lipinski definition) is 7. The second kappa shape index (κ2) is 9.18. The van der Waals surface area contributed by atoms with Crippen LogP contribution >= 0.6 is 11.6 Å². The zero-order valence-corrected chi connectivity index (χ0v) is 18.4. The van der Waals surface area contributed by atoms with Crippen LogP contribution in [0, 0.1) is 12.7 Å². The van der Waals surface area contributed by atoms with Crippen molar-refractivity contribution in [1.29, 1.82) is 0 Å². The fraction of sp³-hybridized carbons (Fsp3) is 0.0952. The van der Waals surface area contributed by atoms with Crippen LogP contribution in [0.25, 0.3) is 5.82 Å². The van der Waals surface area contributed by atoms with E-state index in [1.165, 1.54) is 12.3 Å². The Morgan fingerprint density at radius 1 is 1.20 bits per heavy atom. The molecule has 0 unspecified atom stereocenters. The third-order valence-electron chi connectivity index (χ3n) is 4.65. The molecule has 0 aliphatic rings. The first-order valence-electron chi connectivity index (χ1n) is 9.68. The summed E-state index contributed by atoms with van der Waals surface area (Å²) in [5.74, 6) is -2.80. The molecule has 0 atom stereocenters. The molecule has 14 heteroatoms. The predicted octanol–water partition coefficient (Wildman–Crippen LogP) is 4.80. The number of carbonyl (C=O) groups is 1. The Hall–Kier alpha value is -4.26. The van der Waals surface area contributed by atoms with Gasteiger partial charge in [0.05, 0.1) is 11.8 Å². The van der Waals surface area contributed by atoms with Crippen LogP contribution in [-0.2, 0) is 6.18 Å². The molecule has 0 saturated carbocycles. The number of pyridine rings is 1. The van der Waals surface area contributed by atoms with E-state index < -0.39 is 29.2 Å². The molecule has 180 valence electrons. The van der Waals surface area contributed by atoms with Crippen molar-refractivity contribution in [3.8, 4) is 17.4 Å². The maximum atomic E-state index is 14.6. The number of halogens is 5. The molecular formula is C21H14ClF4N7O2. The number of amides is 1. The molecule has 1 amide bonds. The van der Waals surface area contributed by atoms with Crippen LogP contribution in [0.4, 0.5) is 29.1 Å². The second-order valence-corrected chi connectivity index (χ2v) is 7.42. The highest BCUT2D eigenvalue weighted by Gasteiger charge is 2.41. The van der Waals surface area contributed by atoms with Crippen molar-refractivity contribution in [3.05, 3.63) is 76.7 Å². The van der Waals surface area contributed by atoms with Gasteiger partial charge >= 0.3 is 6.18 Å². The lowest BCUT2D eigenvalue weighted by Gasteiger charge is -2.14. The molecular weight excluding hydrogens is 494 g/mol. The van der Waals surface area contributed by atoms with Gasteiger partial charge in [0.1, 0.15) is 17.2 Å². The topological polar surface area (TPSA) is 121 Å². The summed E-state index contributed by atoms with van der Waals surface area (Å²) in [6, 6.07) is 6.31. The zero-order chi connectivity index (χ0) is 25.3. The molecule has 3 aromatic heterocycles. The molecule has 4 aromatic rings. The number of aryl methyl sites for hydroxylation is 1. The molecule has 0 saturated heterocycles. The van der Waals surface area contributed by atoms with Gasteiger partial charge in [0.25, 0.3) is 5.91 Å². The molecule has 0 radical (unpaired) electrons. The van der Waals surface area contributed by atoms with E-state index in [1.807, 2.05) is 0 Å². The number of nitrogens with zero attached hydrogens (tertiary/aromatic N) is 5. The van der Waals surface area contributed by atoms with Crippen LogP contribution < -0.4 is 15.8 Å². The largest absolute Gasteiger partial charge is 0.434 e. The van der Waals surface area contributed by atoms with Crippen molar-refractivity contribution >= 4 is 29.0 Å². The average molecular weight is 508 g/mol. The van der Waals surface area contributed by atoms with Crippen molar-refractivity contribution in [3.63, 3.8) is 0 Å². The van der Waals surface area contributed by atoms with E-state index in [0.717, 1.165) is 24.7 Å². The number of hydrogen-bond donors (Lipinski definition) is 2. The number of rotatable bonds is 5. The molecule has 0 bridgehead atoms. The Labute approximate surface area is 199 Å². The Morgan fingerprint density at radius 3 is 2.66 bits per heavy atom. The molecule has 0 aliphatic carbocycles. The van der Waals surface area contributed by atoms with Crippen LogP contribution in [0.1, 0.15) is 21.6 Å². The molecule has 0 fully saturated rings. The van der Waals surface area contributed by atoms with E-state index >= 15 is 0 Å². The van der Waals surface area contributed by atoms with Gasteiger partial charge < -0.3 is 15.8 Å². The van der Waals surface area contributed by atoms with Gasteiger partial charge in [0, 0.05) is 18.0 Å². The lowest BCUT2D eigenvalue weighted by atomic mass is 10.2. The van der Waals surface area contributed by atoms with Crippen molar-refractivity contribution in [2.45, 2.75) is 13.1 Å². The van der Waals surface area contributed by atoms with Gasteiger partial charge in [-0.3, -0.25) is 4.79 Å². The number of carbonyl (C=O) groups excluding carboxylic acids is 1. The average Bonchev–Trinajstić information content (AvgIpc) is 3.25. The number of anilines is 2. The molecule has 0 aliphatic heterocycles. The number of aromatic nitrogens is 5. The van der Waals surface area contributed by atoms with E-state index in [-0.39, 0.29) is 34.0 Å². The lowest BCUT2D eigenvalue weighted by molar-refractivity contribution is -0.143. The van der Waals surface area contributed by atoms with Crippen LogP contribution in [0.3, 0.4) is 0 Å². The molecule has 4 rings (SSSR count). The lowest BCUT2D eigenvalue weighted by Crippen LogP contribution is -2.21. The number of alkyl halides is 3. The monoisotopic (exact) mass is 507 g/mol. The van der Waals surface area contributed by atoms with Gasteiger partial charge in [-0.1, -0.05) is 17.7 Å². The molecule has 9 nitrogen and oxygen atoms in total. The highest BCUT2D eigenvalue weighted by molar-refractivity contribution is 6.34. The van der Waals surface area contributed by atoms with Crippen molar-refractivity contribution in [1.82, 2.24) is 24.7 Å². The summed E-state index contributed by atoms with van der Waals surface area (Å²) in [5, 5.41) is 5.80. The second-order valence-electron chi connectivity index (χ2n) is 7.04. The first-order valence-corrected chi connectivity index (χ1v) is 10.1. The van der Waals surface area contributed by atoms with Gasteiger partial charge in [-0.15, -0.1) is 0 Å². The maximum absolute atomic E-state index is 14.6. The maximum Gasteiger partial charge on any atom is 0.434 e. The van der Waals surface area contributed by atoms with Gasteiger partial charge in [0.2, 0.25) is 5.88 Å². The van der Waals surface area contributed by atoms with Crippen molar-refractivity contribution < 1.29 is 27.1 Å². The van der Waals surface area contributed by atoms with Gasteiger partial charge in [-0.2, -0.15) is 23.3 Å². The molecule has 35 heavy (non-hydrogen) atoms. The fourth-order valence-electron chi connectivity index (χ4n) is 3.05. The van der Waals surface area contributed by atoms with E-state index in [9.17, 15) is 22.4 Å². The highest BCUT2D eigenvalue weighted by Crippen LogP contribution is 2.35. The summed E-state index contributed by atoms with van der Waals surface area (Å²) in [4.78, 5) is 24.0. The number of ether oxygens (including phenoxy) is 1. The summed E-state index contributed by atoms with van der Waals surface area (Å²) in [6.45, 7) is 1.55. The van der Waals surface area contributed by atoms with Crippen molar-refractivity contribution in [2.24, 2.45) is 0 Å². The predicted molar refractivity (Wildman–Crippen MR) is 117 cm³/mol. The van der Waals surface area contributed by atoms with Crippen LogP contribution in [0.15, 0.2) is 49.1 Å². The summed E-state index contributed by atoms with van der Waals surface area (Å²) < 4.78 is 62.0. The van der Waals surface area contributed by atoms with Gasteiger partial charge in [-0.25, -0.2) is 19.0 Å². The Morgan fingerprint density at radius 2 is 1.97 bits per heavy atom. The van der Waals surface area contributed by atoms with E-state index in [4.69, 9.17) is 22.1 Å². The number of nitrogens with one attached hydrogen (secondary N) is 1. The third-order valence-corrected chi connectivity index (χ3v) is 5.00. The van der Waals surface area contributed by atoms with Crippen LogP contribution in [-0.4, -0.2) is 30.6 Å². The zero-order valence-electron chi connectivity index (χ0n) is 17.6. The standard InChI is InChI=1S/C21H14ClF4N7O2/c1-10-3-2-6-28-18(10)33-16(21(24,25)26)12(8-31-33)19(34)32-11-4-5-14(13(23)7-11)35-20-15(22)17(27)29-9-30-20/h2-9H,1H3,(H,32,34)(H2,27,29,30). The fourth-order valence-corrected chi connectivity index (χ4v) is 3.18. The molecule has 3 N–H and O–H groups in total. The number of benzene rings is 1. The highest BCUT2D eigenvalue weighted by atomic mass is 35.5. The van der Waals surface area contributed by atoms with Crippen LogP contribution in [0.5, 0.6) is 11.6 Å². The third kappa shape index (κ3) is 4.84. The number of nitrogen functional groups attached to an aromatic ring is 1. The molecule has 0 spiro atoms. The minimum atomic E-state index is -4.94. The van der Waals surface area contributed by atoms with Crippen LogP contribution in [0.2, 0.25) is 5.02 Å². The Balaban J connectivity index is 1.61. The summed E-state index contributed by atoms with van der Waals surface area (Å²) in [6.07, 6.45) is -1.80. The minimum Gasteiger partial charge on any atom is -0.434 e. The van der Waals surface area contributed by atoms with E-state index in [2.05, 4.69) is 25.4 Å². The van der Waals surface area contributed by atoms with Crippen molar-refractivity contribution in [2.75, 3.05) is 11.1 Å². The quantitative estimate of drug-likeness (QED) is 0.372. The Bertz CT molecular complexity index is 1430. The SMILES string of the molecule is Cc1cccnc1-n1ncc(C(=O)Nc2ccc(Oc3ncnc(N)c3Cl)c(F)c2)c1C(F)(F)F. The normalized spacial score (nSPS) is 11.4. The molecule has 3 heterocycles.